The molecule has 0 bridgehead atoms. The van der Waals surface area contributed by atoms with E-state index in [-0.39, 0.29) is 10.2 Å². The first kappa shape index (κ1) is 10.9. The van der Waals surface area contributed by atoms with Gasteiger partial charge in [0, 0.05) is 0 Å². The molecule has 0 aliphatic heterocycles. The first-order valence-electron chi connectivity index (χ1n) is 4.26. The summed E-state index contributed by atoms with van der Waals surface area (Å²) >= 11 is 11.5. The predicted octanol–water partition coefficient (Wildman–Crippen LogP) is 2.82. The van der Waals surface area contributed by atoms with Gasteiger partial charge in [-0.05, 0) is 12.1 Å². The van der Waals surface area contributed by atoms with Crippen molar-refractivity contribution in [1.82, 2.24) is 10.2 Å². The fourth-order valence-electron chi connectivity index (χ4n) is 0.957. The van der Waals surface area contributed by atoms with Crippen LogP contribution in [0.4, 0.5) is 5.69 Å². The van der Waals surface area contributed by atoms with E-state index in [9.17, 15) is 0 Å². The molecular formula is C9H6Cl2N4O. The number of hydrogen-bond donors (Lipinski definition) is 1. The molecule has 7 heteroatoms. The predicted molar refractivity (Wildman–Crippen MR) is 62.0 cm³/mol. The van der Waals surface area contributed by atoms with Crippen LogP contribution in [0.15, 0.2) is 34.1 Å². The van der Waals surface area contributed by atoms with E-state index in [2.05, 4.69) is 20.7 Å². The average Bonchev–Trinajstić information content (AvgIpc) is 2.77. The fraction of sp³-hybridized carbons (Fsp3) is 0. The lowest BCUT2D eigenvalue weighted by Gasteiger charge is -2.01. The maximum atomic E-state index is 5.86. The van der Waals surface area contributed by atoms with E-state index in [1.54, 1.807) is 18.4 Å². The largest absolute Gasteiger partial charge is 0.463 e. The lowest BCUT2D eigenvalue weighted by Crippen LogP contribution is -1.94. The quantitative estimate of drug-likeness (QED) is 0.678. The minimum atomic E-state index is 0.125. The van der Waals surface area contributed by atoms with Gasteiger partial charge in [0.15, 0.2) is 5.15 Å². The number of anilines is 1. The Kier molecular flexibility index (Phi) is 3.38. The summed E-state index contributed by atoms with van der Waals surface area (Å²) in [6.45, 7) is 0. The highest BCUT2D eigenvalue weighted by Crippen LogP contribution is 2.26. The van der Waals surface area contributed by atoms with E-state index < -0.39 is 0 Å². The zero-order valence-corrected chi connectivity index (χ0v) is 9.40. The number of hydrogen-bond acceptors (Lipinski definition) is 5. The van der Waals surface area contributed by atoms with Crippen LogP contribution in [0, 0.1) is 0 Å². The molecule has 0 radical (unpaired) electrons. The number of nitrogens with zero attached hydrogens (tertiary/aromatic N) is 3. The van der Waals surface area contributed by atoms with Gasteiger partial charge in [-0.25, -0.2) is 0 Å². The van der Waals surface area contributed by atoms with E-state index in [1.807, 2.05) is 0 Å². The summed E-state index contributed by atoms with van der Waals surface area (Å²) < 4.78 is 5.05. The van der Waals surface area contributed by atoms with Gasteiger partial charge in [0.2, 0.25) is 0 Å². The first-order valence-corrected chi connectivity index (χ1v) is 5.02. The molecule has 0 aromatic carbocycles. The average molecular weight is 257 g/mol. The van der Waals surface area contributed by atoms with Gasteiger partial charge in [0.25, 0.3) is 0 Å². The molecule has 2 heterocycles. The Bertz CT molecular complexity index is 498. The highest BCUT2D eigenvalue weighted by atomic mass is 35.5. The standard InChI is InChI=1S/C9H6Cl2N4O/c10-8-7(5-13-15-9(8)11)14-12-4-6-2-1-3-16-6/h1-5H,(H,14,15). The molecule has 5 nitrogen and oxygen atoms in total. The van der Waals surface area contributed by atoms with Gasteiger partial charge in [-0.2, -0.15) is 10.2 Å². The van der Waals surface area contributed by atoms with E-state index in [0.29, 0.717) is 11.4 Å². The summed E-state index contributed by atoms with van der Waals surface area (Å²) in [5.74, 6) is 0.622. The van der Waals surface area contributed by atoms with E-state index in [0.717, 1.165) is 0 Å². The van der Waals surface area contributed by atoms with Crippen LogP contribution in [0.1, 0.15) is 5.76 Å². The highest BCUT2D eigenvalue weighted by Gasteiger charge is 2.04. The van der Waals surface area contributed by atoms with Gasteiger partial charge < -0.3 is 4.42 Å². The van der Waals surface area contributed by atoms with Crippen molar-refractivity contribution in [1.29, 1.82) is 0 Å². The summed E-state index contributed by atoms with van der Waals surface area (Å²) in [5.41, 5.74) is 3.16. The van der Waals surface area contributed by atoms with Gasteiger partial charge in [-0.15, -0.1) is 5.10 Å². The Morgan fingerprint density at radius 1 is 1.44 bits per heavy atom. The Hall–Kier alpha value is -1.59. The normalized spacial score (nSPS) is 10.9. The summed E-state index contributed by atoms with van der Waals surface area (Å²) in [6.07, 6.45) is 4.48. The van der Waals surface area contributed by atoms with Crippen LogP contribution in [0.25, 0.3) is 0 Å². The van der Waals surface area contributed by atoms with Crippen molar-refractivity contribution in [3.05, 3.63) is 40.5 Å². The molecule has 2 aromatic rings. The molecule has 0 saturated carbocycles. The van der Waals surface area contributed by atoms with Crippen molar-refractivity contribution < 1.29 is 4.42 Å². The third-order valence-electron chi connectivity index (χ3n) is 1.67. The number of hydrazone groups is 1. The Morgan fingerprint density at radius 3 is 3.06 bits per heavy atom. The van der Waals surface area contributed by atoms with Gasteiger partial charge in [0.1, 0.15) is 10.8 Å². The van der Waals surface area contributed by atoms with E-state index >= 15 is 0 Å². The van der Waals surface area contributed by atoms with Crippen LogP contribution in [-0.2, 0) is 0 Å². The number of rotatable bonds is 3. The highest BCUT2D eigenvalue weighted by molar-refractivity contribution is 6.42. The number of aromatic nitrogens is 2. The molecule has 0 spiro atoms. The monoisotopic (exact) mass is 256 g/mol. The topological polar surface area (TPSA) is 63.3 Å². The molecule has 0 saturated heterocycles. The summed E-state index contributed by atoms with van der Waals surface area (Å²) in [6, 6.07) is 3.53. The lowest BCUT2D eigenvalue weighted by atomic mass is 10.5. The van der Waals surface area contributed by atoms with Gasteiger partial charge >= 0.3 is 0 Å². The Morgan fingerprint density at radius 2 is 2.31 bits per heavy atom. The molecule has 0 amide bonds. The van der Waals surface area contributed by atoms with Gasteiger partial charge in [-0.1, -0.05) is 23.2 Å². The molecule has 2 rings (SSSR count). The number of furan rings is 1. The van der Waals surface area contributed by atoms with E-state index in [1.165, 1.54) is 12.4 Å². The molecule has 16 heavy (non-hydrogen) atoms. The zero-order valence-electron chi connectivity index (χ0n) is 7.89. The van der Waals surface area contributed by atoms with Crippen molar-refractivity contribution in [3.8, 4) is 0 Å². The third kappa shape index (κ3) is 2.50. The Labute approximate surface area is 101 Å². The van der Waals surface area contributed by atoms with Crippen LogP contribution in [0.5, 0.6) is 0 Å². The smallest absolute Gasteiger partial charge is 0.172 e. The van der Waals surface area contributed by atoms with Gasteiger partial charge in [0.05, 0.1) is 24.4 Å². The first-order chi connectivity index (χ1) is 7.77. The SMILES string of the molecule is Clc1nncc(NN=Cc2ccco2)c1Cl. The maximum absolute atomic E-state index is 5.86. The molecule has 0 fully saturated rings. The van der Waals surface area contributed by atoms with Crippen LogP contribution >= 0.6 is 23.2 Å². The van der Waals surface area contributed by atoms with E-state index in [4.69, 9.17) is 27.6 Å². The molecule has 0 aliphatic rings. The lowest BCUT2D eigenvalue weighted by molar-refractivity contribution is 0.560. The Balaban J connectivity index is 2.08. The fourth-order valence-corrected chi connectivity index (χ4v) is 1.23. The molecule has 0 aliphatic carbocycles. The molecular weight excluding hydrogens is 251 g/mol. The van der Waals surface area contributed by atoms with Crippen LogP contribution < -0.4 is 5.43 Å². The minimum Gasteiger partial charge on any atom is -0.463 e. The van der Waals surface area contributed by atoms with Crippen LogP contribution in [0.3, 0.4) is 0 Å². The second kappa shape index (κ2) is 4.96. The molecule has 0 unspecified atom stereocenters. The van der Waals surface area contributed by atoms with Crippen molar-refractivity contribution in [2.75, 3.05) is 5.43 Å². The van der Waals surface area contributed by atoms with Crippen molar-refractivity contribution in [2.45, 2.75) is 0 Å². The summed E-state index contributed by atoms with van der Waals surface area (Å²) in [5, 5.41) is 11.5. The van der Waals surface area contributed by atoms with Gasteiger partial charge in [-0.3, -0.25) is 5.43 Å². The molecule has 0 atom stereocenters. The minimum absolute atomic E-state index is 0.125. The van der Waals surface area contributed by atoms with Crippen molar-refractivity contribution in [3.63, 3.8) is 0 Å². The zero-order chi connectivity index (χ0) is 11.4. The molecule has 2 aromatic heterocycles. The van der Waals surface area contributed by atoms with Crippen molar-refractivity contribution >= 4 is 35.1 Å². The van der Waals surface area contributed by atoms with Crippen molar-refractivity contribution in [2.24, 2.45) is 5.10 Å². The molecule has 82 valence electrons. The maximum Gasteiger partial charge on any atom is 0.172 e. The second-order valence-electron chi connectivity index (χ2n) is 2.75. The number of nitrogens with one attached hydrogen (secondary N) is 1. The summed E-state index contributed by atoms with van der Waals surface area (Å²) in [7, 11) is 0. The summed E-state index contributed by atoms with van der Waals surface area (Å²) in [4.78, 5) is 0. The third-order valence-corrected chi connectivity index (χ3v) is 2.41. The number of halogens is 2. The molecule has 1 N–H and O–H groups in total. The second-order valence-corrected chi connectivity index (χ2v) is 3.48. The van der Waals surface area contributed by atoms with Crippen LogP contribution in [-0.4, -0.2) is 16.4 Å². The van der Waals surface area contributed by atoms with Crippen LogP contribution in [0.2, 0.25) is 10.2 Å².